The van der Waals surface area contributed by atoms with Gasteiger partial charge in [-0.2, -0.15) is 0 Å². The number of hydrogen-bond acceptors (Lipinski definition) is 4. The Kier molecular flexibility index (Phi) is 3.11. The van der Waals surface area contributed by atoms with E-state index in [1.807, 2.05) is 0 Å². The number of benzene rings is 1. The minimum atomic E-state index is -1.39. The van der Waals surface area contributed by atoms with Crippen LogP contribution >= 0.6 is 0 Å². The van der Waals surface area contributed by atoms with Crippen LogP contribution in [0.1, 0.15) is 10.4 Å². The summed E-state index contributed by atoms with van der Waals surface area (Å²) in [6, 6.07) is 6.84. The number of hydrogen-bond donors (Lipinski definition) is 2. The van der Waals surface area contributed by atoms with E-state index < -0.39 is 22.0 Å². The first kappa shape index (κ1) is 12.5. The number of rotatable bonds is 3. The van der Waals surface area contributed by atoms with Crippen molar-refractivity contribution in [3.8, 4) is 11.1 Å². The minimum Gasteiger partial charge on any atom is -0.477 e. The number of non-ortho nitro benzene ring substituents is 1. The number of aromatic nitrogens is 1. The van der Waals surface area contributed by atoms with Gasteiger partial charge in [-0.05, 0) is 11.6 Å². The van der Waals surface area contributed by atoms with Crippen molar-refractivity contribution in [1.82, 2.24) is 4.98 Å². The van der Waals surface area contributed by atoms with Gasteiger partial charge < -0.3 is 10.1 Å². The van der Waals surface area contributed by atoms with Crippen molar-refractivity contribution in [2.45, 2.75) is 0 Å². The molecule has 1 heterocycles. The molecular formula is C12H8N2O5. The number of nitro groups is 1. The zero-order valence-electron chi connectivity index (χ0n) is 9.49. The zero-order valence-corrected chi connectivity index (χ0v) is 9.49. The molecular weight excluding hydrogens is 252 g/mol. The monoisotopic (exact) mass is 260 g/mol. The van der Waals surface area contributed by atoms with Crippen LogP contribution in [-0.4, -0.2) is 21.0 Å². The standard InChI is InChI=1S/C12H8N2O5/c15-11-10(12(16)17)9(4-5-13-11)7-2-1-3-8(6-7)14(18)19/h1-6H,(H,13,15)(H,16,17). The average Bonchev–Trinajstić information content (AvgIpc) is 2.38. The van der Waals surface area contributed by atoms with E-state index in [9.17, 15) is 19.7 Å². The smallest absolute Gasteiger partial charge is 0.341 e. The van der Waals surface area contributed by atoms with Gasteiger partial charge in [0.15, 0.2) is 0 Å². The van der Waals surface area contributed by atoms with Crippen molar-refractivity contribution in [1.29, 1.82) is 0 Å². The number of nitrogens with one attached hydrogen (secondary N) is 1. The molecule has 0 radical (unpaired) electrons. The molecule has 96 valence electrons. The molecule has 0 unspecified atom stereocenters. The first-order chi connectivity index (χ1) is 9.00. The molecule has 0 aliphatic rings. The fraction of sp³-hybridized carbons (Fsp3) is 0. The second-order valence-corrected chi connectivity index (χ2v) is 3.71. The third-order valence-corrected chi connectivity index (χ3v) is 2.54. The van der Waals surface area contributed by atoms with E-state index in [0.717, 1.165) is 0 Å². The lowest BCUT2D eigenvalue weighted by Gasteiger charge is -2.04. The Hall–Kier alpha value is -2.96. The van der Waals surface area contributed by atoms with Gasteiger partial charge in [0, 0.05) is 23.9 Å². The molecule has 0 fully saturated rings. The lowest BCUT2D eigenvalue weighted by molar-refractivity contribution is -0.384. The summed E-state index contributed by atoms with van der Waals surface area (Å²) < 4.78 is 0. The van der Waals surface area contributed by atoms with Crippen LogP contribution in [0.2, 0.25) is 0 Å². The molecule has 0 bridgehead atoms. The lowest BCUT2D eigenvalue weighted by atomic mass is 10.0. The molecule has 19 heavy (non-hydrogen) atoms. The quantitative estimate of drug-likeness (QED) is 0.643. The number of carboxylic acid groups (broad SMARTS) is 1. The van der Waals surface area contributed by atoms with Crippen molar-refractivity contribution in [3.63, 3.8) is 0 Å². The highest BCUT2D eigenvalue weighted by atomic mass is 16.6. The van der Waals surface area contributed by atoms with Crippen molar-refractivity contribution in [2.24, 2.45) is 0 Å². The molecule has 1 aromatic carbocycles. The maximum atomic E-state index is 11.5. The zero-order chi connectivity index (χ0) is 14.0. The molecule has 2 N–H and O–H groups in total. The van der Waals surface area contributed by atoms with Gasteiger partial charge in [0.25, 0.3) is 11.2 Å². The van der Waals surface area contributed by atoms with E-state index in [1.54, 1.807) is 0 Å². The number of nitrogens with zero attached hydrogens (tertiary/aromatic N) is 1. The van der Waals surface area contributed by atoms with Crippen molar-refractivity contribution < 1.29 is 14.8 Å². The van der Waals surface area contributed by atoms with Crippen LogP contribution in [0, 0.1) is 10.1 Å². The normalized spacial score (nSPS) is 10.1. The average molecular weight is 260 g/mol. The minimum absolute atomic E-state index is 0.139. The van der Waals surface area contributed by atoms with E-state index in [-0.39, 0.29) is 11.3 Å². The number of nitro benzene ring substituents is 1. The summed E-state index contributed by atoms with van der Waals surface area (Å²) in [6.45, 7) is 0. The Morgan fingerprint density at radius 2 is 2.05 bits per heavy atom. The molecule has 0 saturated carbocycles. The van der Waals surface area contributed by atoms with Gasteiger partial charge in [0.2, 0.25) is 0 Å². The first-order valence-corrected chi connectivity index (χ1v) is 5.20. The van der Waals surface area contributed by atoms with Crippen LogP contribution in [0.5, 0.6) is 0 Å². The van der Waals surface area contributed by atoms with Gasteiger partial charge in [0.1, 0.15) is 5.56 Å². The second-order valence-electron chi connectivity index (χ2n) is 3.71. The molecule has 0 aliphatic heterocycles. The van der Waals surface area contributed by atoms with Crippen LogP contribution in [-0.2, 0) is 0 Å². The Bertz CT molecular complexity index is 720. The third kappa shape index (κ3) is 2.34. The molecule has 7 heteroatoms. The highest BCUT2D eigenvalue weighted by molar-refractivity contribution is 5.95. The fourth-order valence-electron chi connectivity index (χ4n) is 1.72. The van der Waals surface area contributed by atoms with E-state index in [1.165, 1.54) is 36.5 Å². The summed E-state index contributed by atoms with van der Waals surface area (Å²) in [7, 11) is 0. The summed E-state index contributed by atoms with van der Waals surface area (Å²) >= 11 is 0. The van der Waals surface area contributed by atoms with Crippen molar-refractivity contribution in [2.75, 3.05) is 0 Å². The summed E-state index contributed by atoms with van der Waals surface area (Å²) in [4.78, 5) is 34.9. The molecule has 0 amide bonds. The van der Waals surface area contributed by atoms with Gasteiger partial charge in [-0.1, -0.05) is 12.1 Å². The summed E-state index contributed by atoms with van der Waals surface area (Å²) in [5, 5.41) is 19.7. The van der Waals surface area contributed by atoms with E-state index in [0.29, 0.717) is 5.56 Å². The number of pyridine rings is 1. The largest absolute Gasteiger partial charge is 0.477 e. The Labute approximate surface area is 106 Å². The number of carbonyl (C=O) groups is 1. The van der Waals surface area contributed by atoms with Crippen LogP contribution in [0.25, 0.3) is 11.1 Å². The molecule has 2 aromatic rings. The van der Waals surface area contributed by atoms with E-state index in [4.69, 9.17) is 5.11 Å². The second kappa shape index (κ2) is 4.73. The lowest BCUT2D eigenvalue weighted by Crippen LogP contribution is -2.18. The fourth-order valence-corrected chi connectivity index (χ4v) is 1.72. The molecule has 1 aromatic heterocycles. The van der Waals surface area contributed by atoms with Gasteiger partial charge in [0.05, 0.1) is 4.92 Å². The Morgan fingerprint density at radius 1 is 1.32 bits per heavy atom. The first-order valence-electron chi connectivity index (χ1n) is 5.20. The van der Waals surface area contributed by atoms with Gasteiger partial charge in [-0.15, -0.1) is 0 Å². The summed E-state index contributed by atoms with van der Waals surface area (Å²) in [5.74, 6) is -1.39. The summed E-state index contributed by atoms with van der Waals surface area (Å²) in [6.07, 6.45) is 1.29. The molecule has 0 atom stereocenters. The summed E-state index contributed by atoms with van der Waals surface area (Å²) in [5.41, 5.74) is -0.925. The van der Waals surface area contributed by atoms with Crippen LogP contribution in [0.15, 0.2) is 41.3 Å². The number of H-pyrrole nitrogens is 1. The van der Waals surface area contributed by atoms with Crippen LogP contribution in [0.3, 0.4) is 0 Å². The Morgan fingerprint density at radius 3 is 2.68 bits per heavy atom. The van der Waals surface area contributed by atoms with Gasteiger partial charge in [-0.3, -0.25) is 14.9 Å². The van der Waals surface area contributed by atoms with Crippen LogP contribution in [0.4, 0.5) is 5.69 Å². The SMILES string of the molecule is O=C(O)c1c(-c2cccc([N+](=O)[O-])c2)cc[nH]c1=O. The highest BCUT2D eigenvalue weighted by Gasteiger charge is 2.17. The van der Waals surface area contributed by atoms with Gasteiger partial charge in [-0.25, -0.2) is 4.79 Å². The maximum absolute atomic E-state index is 11.5. The predicted molar refractivity (Wildman–Crippen MR) is 66.1 cm³/mol. The maximum Gasteiger partial charge on any atom is 0.341 e. The molecule has 2 rings (SSSR count). The number of carboxylic acids is 1. The van der Waals surface area contributed by atoms with E-state index >= 15 is 0 Å². The third-order valence-electron chi connectivity index (χ3n) is 2.54. The molecule has 0 spiro atoms. The molecule has 0 saturated heterocycles. The molecule has 0 aliphatic carbocycles. The van der Waals surface area contributed by atoms with Crippen molar-refractivity contribution in [3.05, 3.63) is 62.6 Å². The Balaban J connectivity index is 2.69. The number of aromatic carboxylic acids is 1. The number of aromatic amines is 1. The van der Waals surface area contributed by atoms with E-state index in [2.05, 4.69) is 4.98 Å². The molecule has 7 nitrogen and oxygen atoms in total. The van der Waals surface area contributed by atoms with Crippen molar-refractivity contribution >= 4 is 11.7 Å². The highest BCUT2D eigenvalue weighted by Crippen LogP contribution is 2.25. The van der Waals surface area contributed by atoms with Crippen LogP contribution < -0.4 is 5.56 Å². The predicted octanol–water partition coefficient (Wildman–Crippen LogP) is 1.65. The topological polar surface area (TPSA) is 113 Å². The van der Waals surface area contributed by atoms with Gasteiger partial charge >= 0.3 is 5.97 Å².